The number of anilines is 1. The molecule has 114 valence electrons. The van der Waals surface area contributed by atoms with Gasteiger partial charge in [0.05, 0.1) is 12.2 Å². The van der Waals surface area contributed by atoms with E-state index in [0.29, 0.717) is 18.4 Å². The molecular weight excluding hydrogens is 252 g/mol. The fourth-order valence-corrected chi connectivity index (χ4v) is 2.35. The predicted molar refractivity (Wildman–Crippen MR) is 82.7 cm³/mol. The van der Waals surface area contributed by atoms with Crippen LogP contribution in [0.15, 0.2) is 6.07 Å². The van der Waals surface area contributed by atoms with Crippen LogP contribution in [0.2, 0.25) is 0 Å². The quantitative estimate of drug-likeness (QED) is 0.833. The number of carbonyl (C=O) groups excluding carboxylic acids is 1. The zero-order valence-corrected chi connectivity index (χ0v) is 13.6. The highest BCUT2D eigenvalue weighted by Crippen LogP contribution is 2.09. The molecule has 1 amide bonds. The maximum absolute atomic E-state index is 12.2. The number of aromatic nitrogens is 2. The Hall–Kier alpha value is -1.36. The minimum Gasteiger partial charge on any atom is -0.310 e. The standard InChI is InChI=1S/C15H28N4O/c1-11(2)8-19(9-12(3)4)10-15(20)16-14-7-13(5)17-18(14)6/h7,11-12H,8-10H2,1-6H3,(H,16,20). The van der Waals surface area contributed by atoms with Crippen molar-refractivity contribution in [2.75, 3.05) is 25.0 Å². The van der Waals surface area contributed by atoms with Crippen molar-refractivity contribution in [3.05, 3.63) is 11.8 Å². The summed E-state index contributed by atoms with van der Waals surface area (Å²) >= 11 is 0. The van der Waals surface area contributed by atoms with E-state index in [4.69, 9.17) is 0 Å². The van der Waals surface area contributed by atoms with Gasteiger partial charge in [-0.1, -0.05) is 27.7 Å². The van der Waals surface area contributed by atoms with Crippen molar-refractivity contribution in [2.24, 2.45) is 18.9 Å². The molecule has 0 unspecified atom stereocenters. The number of aryl methyl sites for hydroxylation is 2. The van der Waals surface area contributed by atoms with Crippen molar-refractivity contribution in [3.8, 4) is 0 Å². The maximum Gasteiger partial charge on any atom is 0.239 e. The second-order valence-electron chi connectivity index (χ2n) is 6.32. The largest absolute Gasteiger partial charge is 0.310 e. The first kappa shape index (κ1) is 16.7. The first-order valence-electron chi connectivity index (χ1n) is 7.30. The lowest BCUT2D eigenvalue weighted by atomic mass is 10.1. The van der Waals surface area contributed by atoms with Crippen molar-refractivity contribution in [3.63, 3.8) is 0 Å². The van der Waals surface area contributed by atoms with Gasteiger partial charge in [0.25, 0.3) is 0 Å². The molecule has 0 aliphatic heterocycles. The van der Waals surface area contributed by atoms with E-state index >= 15 is 0 Å². The van der Waals surface area contributed by atoms with Gasteiger partial charge in [-0.3, -0.25) is 14.4 Å². The molecule has 0 radical (unpaired) electrons. The highest BCUT2D eigenvalue weighted by atomic mass is 16.2. The molecule has 1 N–H and O–H groups in total. The highest BCUT2D eigenvalue weighted by molar-refractivity contribution is 5.91. The van der Waals surface area contributed by atoms with Gasteiger partial charge in [-0.25, -0.2) is 0 Å². The molecule has 0 bridgehead atoms. The average Bonchev–Trinajstić information content (AvgIpc) is 2.54. The molecule has 0 fully saturated rings. The maximum atomic E-state index is 12.2. The molecule has 1 heterocycles. The number of hydrogen-bond acceptors (Lipinski definition) is 3. The van der Waals surface area contributed by atoms with Crippen molar-refractivity contribution in [1.82, 2.24) is 14.7 Å². The van der Waals surface area contributed by atoms with E-state index in [1.807, 2.05) is 20.0 Å². The fraction of sp³-hybridized carbons (Fsp3) is 0.733. The lowest BCUT2D eigenvalue weighted by Crippen LogP contribution is -2.38. The monoisotopic (exact) mass is 280 g/mol. The first-order chi connectivity index (χ1) is 9.27. The minimum atomic E-state index is 0.0225. The summed E-state index contributed by atoms with van der Waals surface area (Å²) in [5.74, 6) is 1.89. The normalized spacial score (nSPS) is 11.7. The van der Waals surface area contributed by atoms with E-state index in [2.05, 4.69) is 43.0 Å². The zero-order chi connectivity index (χ0) is 15.3. The van der Waals surface area contributed by atoms with Crippen LogP contribution in [0.5, 0.6) is 0 Å². The predicted octanol–water partition coefficient (Wildman–Crippen LogP) is 2.28. The number of carbonyl (C=O) groups is 1. The summed E-state index contributed by atoms with van der Waals surface area (Å²) in [5.41, 5.74) is 0.906. The summed E-state index contributed by atoms with van der Waals surface area (Å²) in [6.07, 6.45) is 0. The number of amides is 1. The summed E-state index contributed by atoms with van der Waals surface area (Å²) in [6, 6.07) is 1.88. The number of rotatable bonds is 7. The SMILES string of the molecule is Cc1cc(NC(=O)CN(CC(C)C)CC(C)C)n(C)n1. The van der Waals surface area contributed by atoms with Gasteiger partial charge in [0.15, 0.2) is 0 Å². The Balaban J connectivity index is 2.59. The Kier molecular flexibility index (Phi) is 6.20. The molecule has 5 nitrogen and oxygen atoms in total. The Morgan fingerprint density at radius 1 is 1.30 bits per heavy atom. The van der Waals surface area contributed by atoms with Crippen LogP contribution in [-0.2, 0) is 11.8 Å². The van der Waals surface area contributed by atoms with Crippen LogP contribution in [-0.4, -0.2) is 40.2 Å². The average molecular weight is 280 g/mol. The van der Waals surface area contributed by atoms with E-state index in [1.165, 1.54) is 0 Å². The van der Waals surface area contributed by atoms with Gasteiger partial charge >= 0.3 is 0 Å². The third-order valence-electron chi connectivity index (χ3n) is 2.88. The molecule has 1 rings (SSSR count). The van der Waals surface area contributed by atoms with Crippen molar-refractivity contribution >= 4 is 11.7 Å². The summed E-state index contributed by atoms with van der Waals surface area (Å²) in [7, 11) is 1.84. The van der Waals surface area contributed by atoms with E-state index in [0.717, 1.165) is 24.6 Å². The fourth-order valence-electron chi connectivity index (χ4n) is 2.35. The lowest BCUT2D eigenvalue weighted by molar-refractivity contribution is -0.117. The molecule has 0 atom stereocenters. The number of nitrogens with zero attached hydrogens (tertiary/aromatic N) is 3. The molecule has 1 aromatic heterocycles. The topological polar surface area (TPSA) is 50.2 Å². The molecule has 0 aliphatic carbocycles. The molecule has 0 aliphatic rings. The molecule has 20 heavy (non-hydrogen) atoms. The van der Waals surface area contributed by atoms with E-state index in [-0.39, 0.29) is 5.91 Å². The number of nitrogens with one attached hydrogen (secondary N) is 1. The first-order valence-corrected chi connectivity index (χ1v) is 7.30. The van der Waals surface area contributed by atoms with Gasteiger partial charge in [-0.15, -0.1) is 0 Å². The van der Waals surface area contributed by atoms with Crippen molar-refractivity contribution < 1.29 is 4.79 Å². The molecule has 1 aromatic rings. The van der Waals surface area contributed by atoms with Gasteiger partial charge < -0.3 is 5.32 Å². The van der Waals surface area contributed by atoms with E-state index in [1.54, 1.807) is 4.68 Å². The summed E-state index contributed by atoms with van der Waals surface area (Å²) in [4.78, 5) is 14.4. The van der Waals surface area contributed by atoms with Crippen LogP contribution in [0, 0.1) is 18.8 Å². The summed E-state index contributed by atoms with van der Waals surface area (Å²) in [5, 5.41) is 7.16. The Morgan fingerprint density at radius 2 is 1.85 bits per heavy atom. The highest BCUT2D eigenvalue weighted by Gasteiger charge is 2.15. The molecule has 0 spiro atoms. The Bertz CT molecular complexity index is 427. The van der Waals surface area contributed by atoms with Crippen molar-refractivity contribution in [2.45, 2.75) is 34.6 Å². The number of hydrogen-bond donors (Lipinski definition) is 1. The third kappa shape index (κ3) is 5.74. The molecule has 5 heteroatoms. The van der Waals surface area contributed by atoms with Crippen LogP contribution < -0.4 is 5.32 Å². The van der Waals surface area contributed by atoms with Gasteiger partial charge in [-0.2, -0.15) is 5.10 Å². The molecule has 0 aromatic carbocycles. The van der Waals surface area contributed by atoms with Crippen LogP contribution in [0.1, 0.15) is 33.4 Å². The minimum absolute atomic E-state index is 0.0225. The second-order valence-corrected chi connectivity index (χ2v) is 6.32. The molecule has 0 saturated carbocycles. The van der Waals surface area contributed by atoms with Gasteiger partial charge in [0.2, 0.25) is 5.91 Å². The van der Waals surface area contributed by atoms with Crippen molar-refractivity contribution in [1.29, 1.82) is 0 Å². The Morgan fingerprint density at radius 3 is 2.25 bits per heavy atom. The van der Waals surface area contributed by atoms with E-state index in [9.17, 15) is 4.79 Å². The lowest BCUT2D eigenvalue weighted by Gasteiger charge is -2.25. The zero-order valence-electron chi connectivity index (χ0n) is 13.6. The van der Waals surface area contributed by atoms with E-state index < -0.39 is 0 Å². The third-order valence-corrected chi connectivity index (χ3v) is 2.88. The summed E-state index contributed by atoms with van der Waals surface area (Å²) < 4.78 is 1.70. The van der Waals surface area contributed by atoms with Crippen LogP contribution in [0.3, 0.4) is 0 Å². The van der Waals surface area contributed by atoms with Crippen LogP contribution >= 0.6 is 0 Å². The summed E-state index contributed by atoms with van der Waals surface area (Å²) in [6.45, 7) is 12.9. The van der Waals surface area contributed by atoms with Gasteiger partial charge in [0.1, 0.15) is 5.82 Å². The van der Waals surface area contributed by atoms with Crippen LogP contribution in [0.25, 0.3) is 0 Å². The van der Waals surface area contributed by atoms with Crippen LogP contribution in [0.4, 0.5) is 5.82 Å². The second kappa shape index (κ2) is 7.43. The van der Waals surface area contributed by atoms with Gasteiger partial charge in [0, 0.05) is 26.2 Å². The Labute approximate surface area is 122 Å². The smallest absolute Gasteiger partial charge is 0.239 e. The van der Waals surface area contributed by atoms with Gasteiger partial charge in [-0.05, 0) is 18.8 Å². The molecular formula is C15H28N4O. The molecule has 0 saturated heterocycles.